The molecule has 35 heavy (non-hydrogen) atoms. The highest BCUT2D eigenvalue weighted by Crippen LogP contribution is 2.35. The van der Waals surface area contributed by atoms with Crippen molar-refractivity contribution in [2.75, 3.05) is 6.61 Å². The van der Waals surface area contributed by atoms with Crippen molar-refractivity contribution in [2.24, 2.45) is 4.99 Å². The summed E-state index contributed by atoms with van der Waals surface area (Å²) < 4.78 is 7.53. The highest BCUT2D eigenvalue weighted by Gasteiger charge is 2.35. The predicted octanol–water partition coefficient (Wildman–Crippen LogP) is 4.59. The van der Waals surface area contributed by atoms with Gasteiger partial charge in [-0.25, -0.2) is 9.79 Å². The normalized spacial score (nSPS) is 15.5. The number of fused-ring (bicyclic) bond motifs is 1. The molecule has 0 aliphatic carbocycles. The number of carbonyl (C=O) groups excluding carboxylic acids is 1. The fourth-order valence-corrected chi connectivity index (χ4v) is 5.31. The van der Waals surface area contributed by atoms with Crippen LogP contribution < -0.4 is 14.9 Å². The van der Waals surface area contributed by atoms with Gasteiger partial charge in [-0.2, -0.15) is 0 Å². The van der Waals surface area contributed by atoms with E-state index >= 15 is 0 Å². The first kappa shape index (κ1) is 23.0. The standard InChI is InChI=1S/C28H21ClN2O3S/c1-2-34-27(33)23-24(18-11-5-3-6-12-18)30-28-31(25(23)19-13-7-4-8-14-19)26(32)22(35-28)17-20-15-9-10-16-21(20)29/h3-17,25H,2H2,1H3/b22-17+. The van der Waals surface area contributed by atoms with Crippen LogP contribution in [-0.2, 0) is 9.53 Å². The van der Waals surface area contributed by atoms with Gasteiger partial charge in [-0.15, -0.1) is 0 Å². The lowest BCUT2D eigenvalue weighted by Gasteiger charge is -2.25. The maximum absolute atomic E-state index is 13.7. The SMILES string of the molecule is CCOC(=O)C1=C(c2ccccc2)N=c2s/c(=C/c3ccccc3Cl)c(=O)n2C1c1ccccc1. The summed E-state index contributed by atoms with van der Waals surface area (Å²) in [4.78, 5) is 32.4. The summed E-state index contributed by atoms with van der Waals surface area (Å²) >= 11 is 7.62. The van der Waals surface area contributed by atoms with Crippen LogP contribution in [-0.4, -0.2) is 17.1 Å². The van der Waals surface area contributed by atoms with Gasteiger partial charge < -0.3 is 4.74 Å². The summed E-state index contributed by atoms with van der Waals surface area (Å²) in [7, 11) is 0. The monoisotopic (exact) mass is 500 g/mol. The number of thiazole rings is 1. The van der Waals surface area contributed by atoms with E-state index in [0.29, 0.717) is 25.6 Å². The molecule has 0 saturated carbocycles. The van der Waals surface area contributed by atoms with Crippen LogP contribution in [0.1, 0.15) is 29.7 Å². The lowest BCUT2D eigenvalue weighted by molar-refractivity contribution is -0.138. The van der Waals surface area contributed by atoms with Gasteiger partial charge in [0.2, 0.25) is 0 Å². The zero-order chi connectivity index (χ0) is 24.4. The molecule has 3 aromatic carbocycles. The molecule has 1 aliphatic rings. The van der Waals surface area contributed by atoms with Gasteiger partial charge in [0.15, 0.2) is 4.80 Å². The van der Waals surface area contributed by atoms with Crippen LogP contribution in [0, 0.1) is 0 Å². The molecule has 1 aromatic heterocycles. The number of rotatable bonds is 5. The first-order chi connectivity index (χ1) is 17.1. The average Bonchev–Trinajstić information content (AvgIpc) is 3.20. The predicted molar refractivity (Wildman–Crippen MR) is 139 cm³/mol. The molecular weight excluding hydrogens is 480 g/mol. The van der Waals surface area contributed by atoms with E-state index in [0.717, 1.165) is 16.7 Å². The summed E-state index contributed by atoms with van der Waals surface area (Å²) in [6, 6.07) is 25.6. The zero-order valence-corrected chi connectivity index (χ0v) is 20.4. The molecular formula is C28H21ClN2O3S. The van der Waals surface area contributed by atoms with Crippen LogP contribution in [0.5, 0.6) is 0 Å². The van der Waals surface area contributed by atoms with Crippen LogP contribution in [0.3, 0.4) is 0 Å². The first-order valence-corrected chi connectivity index (χ1v) is 12.4. The number of halogens is 1. The molecule has 0 saturated heterocycles. The Balaban J connectivity index is 1.84. The van der Waals surface area contributed by atoms with E-state index in [1.165, 1.54) is 11.3 Å². The van der Waals surface area contributed by atoms with Crippen LogP contribution >= 0.6 is 22.9 Å². The number of carbonyl (C=O) groups is 1. The molecule has 0 bridgehead atoms. The molecule has 1 atom stereocenters. The molecule has 7 heteroatoms. The van der Waals surface area contributed by atoms with Crippen molar-refractivity contribution in [3.05, 3.63) is 132 Å². The van der Waals surface area contributed by atoms with Gasteiger partial charge >= 0.3 is 5.97 Å². The number of aromatic nitrogens is 1. The molecule has 4 aromatic rings. The maximum Gasteiger partial charge on any atom is 0.338 e. The molecule has 0 fully saturated rings. The molecule has 0 amide bonds. The van der Waals surface area contributed by atoms with Gasteiger partial charge in [0, 0.05) is 10.6 Å². The smallest absolute Gasteiger partial charge is 0.338 e. The Hall–Kier alpha value is -3.74. The number of nitrogens with zero attached hydrogens (tertiary/aromatic N) is 2. The molecule has 0 radical (unpaired) electrons. The van der Waals surface area contributed by atoms with E-state index in [9.17, 15) is 9.59 Å². The van der Waals surface area contributed by atoms with E-state index in [2.05, 4.69) is 0 Å². The van der Waals surface area contributed by atoms with Crippen molar-refractivity contribution in [2.45, 2.75) is 13.0 Å². The second kappa shape index (κ2) is 9.86. The molecule has 1 unspecified atom stereocenters. The Morgan fingerprint density at radius 1 is 1.03 bits per heavy atom. The fraction of sp³-hybridized carbons (Fsp3) is 0.107. The molecule has 174 valence electrons. The maximum atomic E-state index is 13.7. The Kier molecular flexibility index (Phi) is 6.49. The van der Waals surface area contributed by atoms with Crippen LogP contribution in [0.2, 0.25) is 5.02 Å². The second-order valence-corrected chi connectivity index (χ2v) is 9.28. The number of hydrogen-bond donors (Lipinski definition) is 0. The quantitative estimate of drug-likeness (QED) is 0.377. The number of esters is 1. The Morgan fingerprint density at radius 2 is 1.69 bits per heavy atom. The van der Waals surface area contributed by atoms with Gasteiger partial charge in [-0.05, 0) is 30.2 Å². The van der Waals surface area contributed by atoms with Crippen molar-refractivity contribution in [1.82, 2.24) is 4.57 Å². The Bertz CT molecular complexity index is 1610. The van der Waals surface area contributed by atoms with Gasteiger partial charge in [0.25, 0.3) is 5.56 Å². The summed E-state index contributed by atoms with van der Waals surface area (Å²) in [6.45, 7) is 1.97. The van der Waals surface area contributed by atoms with Gasteiger partial charge in [0.1, 0.15) is 0 Å². The van der Waals surface area contributed by atoms with Crippen molar-refractivity contribution in [1.29, 1.82) is 0 Å². The molecule has 5 nitrogen and oxygen atoms in total. The molecule has 5 rings (SSSR count). The molecule has 2 heterocycles. The molecule has 0 N–H and O–H groups in total. The Labute approximate surface area is 210 Å². The highest BCUT2D eigenvalue weighted by atomic mass is 35.5. The molecule has 1 aliphatic heterocycles. The summed E-state index contributed by atoms with van der Waals surface area (Å²) in [5.41, 5.74) is 2.91. The van der Waals surface area contributed by atoms with Crippen LogP contribution in [0.15, 0.2) is 100 Å². The third kappa shape index (κ3) is 4.38. The van der Waals surface area contributed by atoms with E-state index in [4.69, 9.17) is 21.3 Å². The summed E-state index contributed by atoms with van der Waals surface area (Å²) in [5, 5.41) is 0.551. The zero-order valence-electron chi connectivity index (χ0n) is 18.9. The lowest BCUT2D eigenvalue weighted by atomic mass is 9.93. The minimum Gasteiger partial charge on any atom is -0.463 e. The highest BCUT2D eigenvalue weighted by molar-refractivity contribution is 7.07. The third-order valence-corrected chi connectivity index (χ3v) is 7.01. The van der Waals surface area contributed by atoms with Crippen LogP contribution in [0.4, 0.5) is 0 Å². The minimum atomic E-state index is -0.685. The second-order valence-electron chi connectivity index (χ2n) is 7.86. The lowest BCUT2D eigenvalue weighted by Crippen LogP contribution is -2.40. The summed E-state index contributed by atoms with van der Waals surface area (Å²) in [5.74, 6) is -0.496. The van der Waals surface area contributed by atoms with Crippen molar-refractivity contribution in [3.8, 4) is 0 Å². The van der Waals surface area contributed by atoms with Crippen LogP contribution in [0.25, 0.3) is 11.8 Å². The van der Waals surface area contributed by atoms with Gasteiger partial charge in [-0.1, -0.05) is 102 Å². The van der Waals surface area contributed by atoms with Crippen molar-refractivity contribution < 1.29 is 9.53 Å². The first-order valence-electron chi connectivity index (χ1n) is 11.2. The topological polar surface area (TPSA) is 60.7 Å². The minimum absolute atomic E-state index is 0.211. The Morgan fingerprint density at radius 3 is 2.37 bits per heavy atom. The largest absolute Gasteiger partial charge is 0.463 e. The van der Waals surface area contributed by atoms with Crippen molar-refractivity contribution in [3.63, 3.8) is 0 Å². The fourth-order valence-electron chi connectivity index (χ4n) is 4.12. The van der Waals surface area contributed by atoms with Gasteiger partial charge in [-0.3, -0.25) is 9.36 Å². The third-order valence-electron chi connectivity index (χ3n) is 5.68. The van der Waals surface area contributed by atoms with E-state index < -0.39 is 12.0 Å². The van der Waals surface area contributed by atoms with E-state index in [1.54, 1.807) is 23.6 Å². The van der Waals surface area contributed by atoms with Crippen molar-refractivity contribution >= 4 is 40.7 Å². The molecule has 0 spiro atoms. The van der Waals surface area contributed by atoms with E-state index in [-0.39, 0.29) is 12.2 Å². The van der Waals surface area contributed by atoms with Gasteiger partial charge in [0.05, 0.1) is 28.5 Å². The summed E-state index contributed by atoms with van der Waals surface area (Å²) in [6.07, 6.45) is 1.77. The number of benzene rings is 3. The number of ether oxygens (including phenoxy) is 1. The number of hydrogen-bond acceptors (Lipinski definition) is 5. The van der Waals surface area contributed by atoms with E-state index in [1.807, 2.05) is 78.9 Å². The average molecular weight is 501 g/mol.